The molecule has 2 aromatic rings. The molecule has 0 amide bonds. The van der Waals surface area contributed by atoms with Crippen LogP contribution in [0, 0.1) is 0 Å². The molecule has 0 spiro atoms. The van der Waals surface area contributed by atoms with Crippen LogP contribution in [-0.2, 0) is 6.54 Å². The minimum absolute atomic E-state index is 0.0749. The zero-order chi connectivity index (χ0) is 15.2. The predicted octanol–water partition coefficient (Wildman–Crippen LogP) is 3.72. The van der Waals surface area contributed by atoms with Gasteiger partial charge in [0.15, 0.2) is 0 Å². The molecule has 1 atom stereocenters. The highest BCUT2D eigenvalue weighted by Gasteiger charge is 2.20. The maximum absolute atomic E-state index is 5.81. The molecular formula is C15H21BrN4S. The monoisotopic (exact) mass is 368 g/mol. The summed E-state index contributed by atoms with van der Waals surface area (Å²) in [6.45, 7) is 5.17. The van der Waals surface area contributed by atoms with E-state index in [0.717, 1.165) is 34.4 Å². The zero-order valence-corrected chi connectivity index (χ0v) is 14.7. The quantitative estimate of drug-likeness (QED) is 0.444. The topological polar surface area (TPSA) is 55.9 Å². The first-order chi connectivity index (χ1) is 10.2. The molecule has 1 aromatic carbocycles. The molecule has 0 aliphatic carbocycles. The van der Waals surface area contributed by atoms with Gasteiger partial charge in [-0.3, -0.25) is 10.5 Å². The lowest BCUT2D eigenvalue weighted by molar-refractivity contribution is 0.519. The first kappa shape index (κ1) is 16.5. The minimum Gasteiger partial charge on any atom is -0.271 e. The summed E-state index contributed by atoms with van der Waals surface area (Å²) >= 11 is 5.42. The molecule has 0 aliphatic rings. The number of hydrazine groups is 1. The lowest BCUT2D eigenvalue weighted by atomic mass is 10.0. The summed E-state index contributed by atoms with van der Waals surface area (Å²) in [6, 6.07) is 8.45. The van der Waals surface area contributed by atoms with Crippen LogP contribution < -0.4 is 11.3 Å². The molecule has 0 aliphatic heterocycles. The fourth-order valence-electron chi connectivity index (χ4n) is 2.31. The summed E-state index contributed by atoms with van der Waals surface area (Å²) in [5, 5.41) is 4.42. The van der Waals surface area contributed by atoms with E-state index in [4.69, 9.17) is 5.84 Å². The number of hydrogen-bond acceptors (Lipinski definition) is 4. The largest absolute Gasteiger partial charge is 0.271 e. The Morgan fingerprint density at radius 3 is 2.62 bits per heavy atom. The summed E-state index contributed by atoms with van der Waals surface area (Å²) in [5.74, 6) is 6.89. The summed E-state index contributed by atoms with van der Waals surface area (Å²) in [4.78, 5) is 1.28. The van der Waals surface area contributed by atoms with Gasteiger partial charge in [0.05, 0.1) is 22.4 Å². The molecule has 1 unspecified atom stereocenters. The average Bonchev–Trinajstić information content (AvgIpc) is 2.84. The van der Waals surface area contributed by atoms with Crippen molar-refractivity contribution in [1.29, 1.82) is 0 Å². The average molecular weight is 369 g/mol. The Bertz CT molecular complexity index is 568. The first-order valence-electron chi connectivity index (χ1n) is 7.11. The summed E-state index contributed by atoms with van der Waals surface area (Å²) < 4.78 is 2.98. The van der Waals surface area contributed by atoms with Gasteiger partial charge in [-0.1, -0.05) is 26.0 Å². The van der Waals surface area contributed by atoms with Gasteiger partial charge in [-0.15, -0.1) is 11.8 Å². The maximum Gasteiger partial charge on any atom is 0.0889 e. The second-order valence-corrected chi connectivity index (χ2v) is 6.89. The lowest BCUT2D eigenvalue weighted by Gasteiger charge is -2.19. The van der Waals surface area contributed by atoms with Crippen molar-refractivity contribution in [1.82, 2.24) is 15.2 Å². The summed E-state index contributed by atoms with van der Waals surface area (Å²) in [5.41, 5.74) is 5.11. The number of aromatic nitrogens is 2. The maximum atomic E-state index is 5.81. The van der Waals surface area contributed by atoms with E-state index in [1.807, 2.05) is 22.6 Å². The van der Waals surface area contributed by atoms with Gasteiger partial charge in [-0.2, -0.15) is 5.10 Å². The Kier molecular flexibility index (Phi) is 6.29. The molecular weight excluding hydrogens is 348 g/mol. The van der Waals surface area contributed by atoms with E-state index >= 15 is 0 Å². The van der Waals surface area contributed by atoms with E-state index in [9.17, 15) is 0 Å². The van der Waals surface area contributed by atoms with E-state index in [1.165, 1.54) is 4.90 Å². The molecule has 21 heavy (non-hydrogen) atoms. The van der Waals surface area contributed by atoms with Crippen molar-refractivity contribution in [2.45, 2.75) is 37.8 Å². The number of benzene rings is 1. The lowest BCUT2D eigenvalue weighted by Crippen LogP contribution is -2.31. The number of rotatable bonds is 7. The van der Waals surface area contributed by atoms with Crippen LogP contribution in [0.1, 0.15) is 37.6 Å². The van der Waals surface area contributed by atoms with Crippen molar-refractivity contribution in [3.8, 4) is 0 Å². The number of aryl methyl sites for hydroxylation is 1. The number of nitrogens with two attached hydrogens (primary N) is 1. The smallest absolute Gasteiger partial charge is 0.0889 e. The summed E-state index contributed by atoms with van der Waals surface area (Å²) in [6.07, 6.45) is 2.86. The van der Waals surface area contributed by atoms with Gasteiger partial charge in [0, 0.05) is 11.4 Å². The van der Waals surface area contributed by atoms with Crippen LogP contribution in [0.25, 0.3) is 0 Å². The SMILES string of the molecule is CCCn1ncc(Br)c1C(NN)c1ccc(SCC)cc1. The standard InChI is InChI=1S/C15H21BrN4S/c1-3-9-20-15(13(16)10-18-20)14(19-17)11-5-7-12(8-6-11)21-4-2/h5-8,10,14,19H,3-4,9,17H2,1-2H3. The third kappa shape index (κ3) is 3.88. The van der Waals surface area contributed by atoms with E-state index in [1.54, 1.807) is 0 Å². The highest BCUT2D eigenvalue weighted by molar-refractivity contribution is 9.10. The summed E-state index contributed by atoms with van der Waals surface area (Å²) in [7, 11) is 0. The molecule has 0 fully saturated rings. The molecule has 2 rings (SSSR count). The van der Waals surface area contributed by atoms with E-state index in [0.29, 0.717) is 0 Å². The first-order valence-corrected chi connectivity index (χ1v) is 8.89. The number of hydrogen-bond donors (Lipinski definition) is 2. The minimum atomic E-state index is -0.0749. The van der Waals surface area contributed by atoms with Crippen molar-refractivity contribution in [2.24, 2.45) is 5.84 Å². The number of nitrogens with one attached hydrogen (secondary N) is 1. The van der Waals surface area contributed by atoms with Crippen molar-refractivity contribution < 1.29 is 0 Å². The molecule has 4 nitrogen and oxygen atoms in total. The number of nitrogens with zero attached hydrogens (tertiary/aromatic N) is 2. The Balaban J connectivity index is 2.32. The second-order valence-electron chi connectivity index (χ2n) is 4.70. The molecule has 1 heterocycles. The van der Waals surface area contributed by atoms with Gasteiger partial charge in [0.1, 0.15) is 0 Å². The van der Waals surface area contributed by atoms with Gasteiger partial charge >= 0.3 is 0 Å². The molecule has 6 heteroatoms. The van der Waals surface area contributed by atoms with Crippen LogP contribution in [0.5, 0.6) is 0 Å². The van der Waals surface area contributed by atoms with Crippen molar-refractivity contribution >= 4 is 27.7 Å². The van der Waals surface area contributed by atoms with Gasteiger partial charge in [0.25, 0.3) is 0 Å². The zero-order valence-electron chi connectivity index (χ0n) is 12.3. The Hall–Kier alpha value is -0.820. The van der Waals surface area contributed by atoms with Crippen LogP contribution in [0.4, 0.5) is 0 Å². The third-order valence-electron chi connectivity index (χ3n) is 3.23. The second kappa shape index (κ2) is 7.98. The van der Waals surface area contributed by atoms with Gasteiger partial charge < -0.3 is 0 Å². The molecule has 3 N–H and O–H groups in total. The fourth-order valence-corrected chi connectivity index (χ4v) is 3.49. The van der Waals surface area contributed by atoms with Gasteiger partial charge in [-0.05, 0) is 45.8 Å². The third-order valence-corrected chi connectivity index (χ3v) is 4.74. The van der Waals surface area contributed by atoms with Gasteiger partial charge in [-0.25, -0.2) is 5.43 Å². The van der Waals surface area contributed by atoms with E-state index in [-0.39, 0.29) is 6.04 Å². The Morgan fingerprint density at radius 1 is 1.33 bits per heavy atom. The molecule has 0 saturated heterocycles. The van der Waals surface area contributed by atoms with Crippen LogP contribution >= 0.6 is 27.7 Å². The molecule has 1 aromatic heterocycles. The van der Waals surface area contributed by atoms with Crippen LogP contribution in [0.2, 0.25) is 0 Å². The van der Waals surface area contributed by atoms with Gasteiger partial charge in [0.2, 0.25) is 0 Å². The van der Waals surface area contributed by atoms with Crippen LogP contribution in [-0.4, -0.2) is 15.5 Å². The Morgan fingerprint density at radius 2 is 2.05 bits per heavy atom. The normalized spacial score (nSPS) is 12.6. The fraction of sp³-hybridized carbons (Fsp3) is 0.400. The highest BCUT2D eigenvalue weighted by atomic mass is 79.9. The predicted molar refractivity (Wildman–Crippen MR) is 92.2 cm³/mol. The van der Waals surface area contributed by atoms with E-state index < -0.39 is 0 Å². The molecule has 114 valence electrons. The number of thioether (sulfide) groups is 1. The number of halogens is 1. The van der Waals surface area contributed by atoms with Crippen molar-refractivity contribution in [3.05, 3.63) is 46.2 Å². The van der Waals surface area contributed by atoms with Crippen LogP contribution in [0.3, 0.4) is 0 Å². The van der Waals surface area contributed by atoms with E-state index in [2.05, 4.69) is 64.6 Å². The van der Waals surface area contributed by atoms with Crippen molar-refractivity contribution in [3.63, 3.8) is 0 Å². The Labute approximate surface area is 138 Å². The van der Waals surface area contributed by atoms with Crippen LogP contribution in [0.15, 0.2) is 39.8 Å². The highest BCUT2D eigenvalue weighted by Crippen LogP contribution is 2.29. The molecule has 0 radical (unpaired) electrons. The van der Waals surface area contributed by atoms with Crippen molar-refractivity contribution in [2.75, 3.05) is 5.75 Å². The molecule has 0 bridgehead atoms. The molecule has 0 saturated carbocycles.